The van der Waals surface area contributed by atoms with E-state index in [1.165, 1.54) is 38.8 Å². The Hall–Kier alpha value is -0.450. The zero-order chi connectivity index (χ0) is 13.2. The van der Waals surface area contributed by atoms with Gasteiger partial charge in [-0.2, -0.15) is 0 Å². The molecule has 3 rings (SSSR count). The summed E-state index contributed by atoms with van der Waals surface area (Å²) >= 11 is 3.29. The Labute approximate surface area is 122 Å². The second-order valence-corrected chi connectivity index (χ2v) is 6.53. The summed E-state index contributed by atoms with van der Waals surface area (Å²) in [4.78, 5) is 2.60. The number of halogens is 2. The molecule has 2 heterocycles. The molecule has 0 saturated carbocycles. The first-order valence-corrected chi connectivity index (χ1v) is 7.95. The molecule has 2 fully saturated rings. The van der Waals surface area contributed by atoms with E-state index in [2.05, 4.69) is 26.1 Å². The molecular weight excluding hydrogens is 307 g/mol. The summed E-state index contributed by atoms with van der Waals surface area (Å²) in [5, 5.41) is 3.56. The van der Waals surface area contributed by atoms with E-state index in [9.17, 15) is 4.39 Å². The van der Waals surface area contributed by atoms with Crippen molar-refractivity contribution < 1.29 is 4.39 Å². The van der Waals surface area contributed by atoms with E-state index < -0.39 is 0 Å². The van der Waals surface area contributed by atoms with Gasteiger partial charge in [-0.05, 0) is 37.9 Å². The maximum atomic E-state index is 13.8. The van der Waals surface area contributed by atoms with Crippen molar-refractivity contribution in [1.82, 2.24) is 10.2 Å². The first kappa shape index (κ1) is 13.5. The van der Waals surface area contributed by atoms with E-state index in [0.29, 0.717) is 18.6 Å². The molecule has 0 aromatic heterocycles. The topological polar surface area (TPSA) is 15.3 Å². The van der Waals surface area contributed by atoms with Crippen LogP contribution < -0.4 is 5.32 Å². The number of nitrogens with zero attached hydrogens (tertiary/aromatic N) is 1. The fourth-order valence-corrected chi connectivity index (χ4v) is 3.72. The van der Waals surface area contributed by atoms with Gasteiger partial charge < -0.3 is 5.32 Å². The van der Waals surface area contributed by atoms with Crippen molar-refractivity contribution in [1.29, 1.82) is 0 Å². The third-order valence-electron chi connectivity index (χ3n) is 4.43. The first-order chi connectivity index (χ1) is 9.24. The molecule has 0 radical (unpaired) electrons. The minimum absolute atomic E-state index is 0.125. The second-order valence-electron chi connectivity index (χ2n) is 5.61. The van der Waals surface area contributed by atoms with Gasteiger partial charge >= 0.3 is 0 Å². The Balaban J connectivity index is 1.60. The summed E-state index contributed by atoms with van der Waals surface area (Å²) in [6.45, 7) is 3.08. The molecule has 1 aromatic carbocycles. The Kier molecular flexibility index (Phi) is 4.20. The molecule has 2 aliphatic rings. The molecule has 2 nitrogen and oxygen atoms in total. The molecule has 2 unspecified atom stereocenters. The van der Waals surface area contributed by atoms with Gasteiger partial charge in [0.1, 0.15) is 5.82 Å². The van der Waals surface area contributed by atoms with Crippen molar-refractivity contribution >= 4 is 15.9 Å². The van der Waals surface area contributed by atoms with E-state index in [0.717, 1.165) is 10.0 Å². The summed E-state index contributed by atoms with van der Waals surface area (Å²) in [6.07, 6.45) is 5.17. The van der Waals surface area contributed by atoms with Crippen molar-refractivity contribution in [3.05, 3.63) is 34.1 Å². The number of rotatable bonds is 3. The summed E-state index contributed by atoms with van der Waals surface area (Å²) < 4.78 is 14.6. The average Bonchev–Trinajstić information content (AvgIpc) is 2.81. The summed E-state index contributed by atoms with van der Waals surface area (Å²) in [6, 6.07) is 6.51. The van der Waals surface area contributed by atoms with Crippen molar-refractivity contribution in [2.75, 3.05) is 13.1 Å². The van der Waals surface area contributed by atoms with Gasteiger partial charge in [-0.1, -0.05) is 28.4 Å². The molecule has 1 aromatic rings. The Morgan fingerprint density at radius 2 is 2.16 bits per heavy atom. The van der Waals surface area contributed by atoms with E-state index >= 15 is 0 Å². The van der Waals surface area contributed by atoms with Gasteiger partial charge in [0.2, 0.25) is 0 Å². The molecule has 0 aliphatic carbocycles. The lowest BCUT2D eigenvalue weighted by atomic mass is 9.99. The van der Waals surface area contributed by atoms with Crippen molar-refractivity contribution in [3.63, 3.8) is 0 Å². The average molecular weight is 327 g/mol. The molecule has 2 aliphatic heterocycles. The summed E-state index contributed by atoms with van der Waals surface area (Å²) in [7, 11) is 0. The Morgan fingerprint density at radius 3 is 3.00 bits per heavy atom. The Morgan fingerprint density at radius 1 is 1.26 bits per heavy atom. The van der Waals surface area contributed by atoms with Crippen LogP contribution in [0.2, 0.25) is 0 Å². The van der Waals surface area contributed by atoms with E-state index in [4.69, 9.17) is 0 Å². The van der Waals surface area contributed by atoms with Gasteiger partial charge in [0, 0.05) is 35.2 Å². The SMILES string of the molecule is Fc1cc(Br)ccc1CNC1CCN2CCCCC12. The highest BCUT2D eigenvalue weighted by molar-refractivity contribution is 9.10. The van der Waals surface area contributed by atoms with Gasteiger partial charge in [-0.15, -0.1) is 0 Å². The molecule has 19 heavy (non-hydrogen) atoms. The summed E-state index contributed by atoms with van der Waals surface area (Å²) in [5.41, 5.74) is 0.762. The zero-order valence-corrected chi connectivity index (χ0v) is 12.6. The minimum Gasteiger partial charge on any atom is -0.308 e. The largest absolute Gasteiger partial charge is 0.308 e. The van der Waals surface area contributed by atoms with Crippen LogP contribution in [-0.4, -0.2) is 30.1 Å². The lowest BCUT2D eigenvalue weighted by Crippen LogP contribution is -2.44. The van der Waals surface area contributed by atoms with Crippen LogP contribution in [0.15, 0.2) is 22.7 Å². The van der Waals surface area contributed by atoms with Crippen LogP contribution in [0.5, 0.6) is 0 Å². The molecule has 0 amide bonds. The molecule has 0 bridgehead atoms. The molecule has 104 valence electrons. The monoisotopic (exact) mass is 326 g/mol. The predicted octanol–water partition coefficient (Wildman–Crippen LogP) is 3.30. The smallest absolute Gasteiger partial charge is 0.128 e. The van der Waals surface area contributed by atoms with Crippen molar-refractivity contribution in [2.45, 2.75) is 44.3 Å². The predicted molar refractivity (Wildman–Crippen MR) is 78.6 cm³/mol. The van der Waals surface area contributed by atoms with E-state index in [1.807, 2.05) is 12.1 Å². The highest BCUT2D eigenvalue weighted by Gasteiger charge is 2.34. The molecule has 1 N–H and O–H groups in total. The van der Waals surface area contributed by atoms with Crippen LogP contribution in [0.4, 0.5) is 4.39 Å². The highest BCUT2D eigenvalue weighted by Crippen LogP contribution is 2.27. The van der Waals surface area contributed by atoms with Gasteiger partial charge in [-0.3, -0.25) is 4.90 Å². The van der Waals surface area contributed by atoms with Crippen LogP contribution >= 0.6 is 15.9 Å². The normalized spacial score (nSPS) is 27.5. The van der Waals surface area contributed by atoms with Gasteiger partial charge in [0.15, 0.2) is 0 Å². The maximum absolute atomic E-state index is 13.8. The fraction of sp³-hybridized carbons (Fsp3) is 0.600. The van der Waals surface area contributed by atoms with Crippen molar-refractivity contribution in [2.24, 2.45) is 0 Å². The number of hydrogen-bond acceptors (Lipinski definition) is 2. The number of fused-ring (bicyclic) bond motifs is 1. The van der Waals surface area contributed by atoms with Crippen LogP contribution in [-0.2, 0) is 6.54 Å². The minimum atomic E-state index is -0.125. The number of nitrogens with one attached hydrogen (secondary N) is 1. The summed E-state index contributed by atoms with van der Waals surface area (Å²) in [5.74, 6) is -0.125. The quantitative estimate of drug-likeness (QED) is 0.916. The third-order valence-corrected chi connectivity index (χ3v) is 4.92. The van der Waals surface area contributed by atoms with Gasteiger partial charge in [0.25, 0.3) is 0 Å². The van der Waals surface area contributed by atoms with E-state index in [1.54, 1.807) is 6.07 Å². The van der Waals surface area contributed by atoms with Crippen molar-refractivity contribution in [3.8, 4) is 0 Å². The molecule has 2 atom stereocenters. The number of hydrogen-bond donors (Lipinski definition) is 1. The van der Waals surface area contributed by atoms with Gasteiger partial charge in [-0.25, -0.2) is 4.39 Å². The van der Waals surface area contributed by atoms with Crippen LogP contribution in [0.25, 0.3) is 0 Å². The highest BCUT2D eigenvalue weighted by atomic mass is 79.9. The molecular formula is C15H20BrFN2. The number of benzene rings is 1. The maximum Gasteiger partial charge on any atom is 0.128 e. The molecule has 2 saturated heterocycles. The fourth-order valence-electron chi connectivity index (χ4n) is 3.39. The van der Waals surface area contributed by atoms with E-state index in [-0.39, 0.29) is 5.82 Å². The molecule has 4 heteroatoms. The zero-order valence-electron chi connectivity index (χ0n) is 11.0. The first-order valence-electron chi connectivity index (χ1n) is 7.15. The Bertz CT molecular complexity index is 452. The lowest BCUT2D eigenvalue weighted by molar-refractivity contribution is 0.180. The van der Waals surface area contributed by atoms with Crippen LogP contribution in [0.1, 0.15) is 31.2 Å². The second kappa shape index (κ2) is 5.90. The standard InChI is InChI=1S/C15H20BrFN2/c16-12-5-4-11(13(17)9-12)10-18-14-6-8-19-7-2-1-3-15(14)19/h4-5,9,14-15,18H,1-3,6-8,10H2. The van der Waals surface area contributed by atoms with Gasteiger partial charge in [0.05, 0.1) is 0 Å². The van der Waals surface area contributed by atoms with Crippen LogP contribution in [0, 0.1) is 5.82 Å². The lowest BCUT2D eigenvalue weighted by Gasteiger charge is -2.32. The van der Waals surface area contributed by atoms with Crippen LogP contribution in [0.3, 0.4) is 0 Å². The number of piperidine rings is 1. The molecule has 0 spiro atoms. The third kappa shape index (κ3) is 3.01.